The molecule has 3 rings (SSSR count). The maximum Gasteiger partial charge on any atom is 0.261 e. The molecule has 3 aromatic rings. The molecule has 27 heavy (non-hydrogen) atoms. The van der Waals surface area contributed by atoms with Crippen molar-refractivity contribution in [2.24, 2.45) is 0 Å². The van der Waals surface area contributed by atoms with Crippen molar-refractivity contribution in [3.63, 3.8) is 0 Å². The first-order valence-electron chi connectivity index (χ1n) is 8.20. The zero-order valence-corrected chi connectivity index (χ0v) is 16.1. The molecule has 1 heterocycles. The second kappa shape index (κ2) is 7.67. The van der Waals surface area contributed by atoms with Crippen molar-refractivity contribution in [1.29, 1.82) is 0 Å². The molecule has 1 N–H and O–H groups in total. The van der Waals surface area contributed by atoms with Crippen molar-refractivity contribution < 1.29 is 17.9 Å². The third-order valence-corrected chi connectivity index (χ3v) is 5.36. The summed E-state index contributed by atoms with van der Waals surface area (Å²) in [6, 6.07) is 15.3. The van der Waals surface area contributed by atoms with E-state index in [4.69, 9.17) is 9.47 Å². The van der Waals surface area contributed by atoms with Gasteiger partial charge >= 0.3 is 0 Å². The molecule has 0 atom stereocenters. The number of methoxy groups -OCH3 is 2. The molecule has 1 aromatic heterocycles. The van der Waals surface area contributed by atoms with Crippen LogP contribution >= 0.6 is 0 Å². The van der Waals surface area contributed by atoms with E-state index in [2.05, 4.69) is 9.71 Å². The molecule has 0 unspecified atom stereocenters. The number of anilines is 1. The fourth-order valence-corrected chi connectivity index (χ4v) is 3.67. The van der Waals surface area contributed by atoms with Gasteiger partial charge in [-0.3, -0.25) is 9.71 Å². The fourth-order valence-electron chi connectivity index (χ4n) is 2.63. The van der Waals surface area contributed by atoms with Crippen LogP contribution in [0.25, 0.3) is 11.3 Å². The highest BCUT2D eigenvalue weighted by atomic mass is 32.2. The molecule has 0 saturated carbocycles. The van der Waals surface area contributed by atoms with Gasteiger partial charge in [0.05, 0.1) is 31.0 Å². The average molecular weight is 384 g/mol. The van der Waals surface area contributed by atoms with E-state index in [0.29, 0.717) is 17.2 Å². The molecule has 0 aliphatic carbocycles. The molecule has 6 nitrogen and oxygen atoms in total. The monoisotopic (exact) mass is 384 g/mol. The van der Waals surface area contributed by atoms with Gasteiger partial charge in [-0.15, -0.1) is 0 Å². The van der Waals surface area contributed by atoms with E-state index in [1.807, 2.05) is 25.1 Å². The minimum atomic E-state index is -3.71. The molecular weight excluding hydrogens is 364 g/mol. The van der Waals surface area contributed by atoms with Crippen LogP contribution in [0.15, 0.2) is 65.7 Å². The van der Waals surface area contributed by atoms with E-state index in [-0.39, 0.29) is 4.90 Å². The van der Waals surface area contributed by atoms with Crippen LogP contribution in [0.3, 0.4) is 0 Å². The lowest BCUT2D eigenvalue weighted by Gasteiger charge is -2.11. The Labute approximate surface area is 158 Å². The third-order valence-electron chi connectivity index (χ3n) is 3.97. The van der Waals surface area contributed by atoms with Crippen molar-refractivity contribution in [1.82, 2.24) is 4.98 Å². The predicted octanol–water partition coefficient (Wildman–Crippen LogP) is 3.88. The van der Waals surface area contributed by atoms with Crippen molar-refractivity contribution in [2.75, 3.05) is 18.9 Å². The number of ether oxygens (including phenoxy) is 2. The minimum absolute atomic E-state index is 0.161. The smallest absolute Gasteiger partial charge is 0.261 e. The van der Waals surface area contributed by atoms with Gasteiger partial charge in [-0.25, -0.2) is 8.42 Å². The second-order valence-corrected chi connectivity index (χ2v) is 7.63. The van der Waals surface area contributed by atoms with Gasteiger partial charge in [-0.1, -0.05) is 0 Å². The number of aryl methyl sites for hydroxylation is 1. The summed E-state index contributed by atoms with van der Waals surface area (Å²) >= 11 is 0. The predicted molar refractivity (Wildman–Crippen MR) is 105 cm³/mol. The van der Waals surface area contributed by atoms with Crippen LogP contribution in [-0.4, -0.2) is 27.6 Å². The maximum absolute atomic E-state index is 12.7. The first-order valence-corrected chi connectivity index (χ1v) is 9.68. The summed E-state index contributed by atoms with van der Waals surface area (Å²) in [6.07, 6.45) is 1.62. The van der Waals surface area contributed by atoms with Gasteiger partial charge in [0.15, 0.2) is 0 Å². The van der Waals surface area contributed by atoms with Gasteiger partial charge in [0.1, 0.15) is 11.5 Å². The van der Waals surface area contributed by atoms with Gasteiger partial charge < -0.3 is 9.47 Å². The van der Waals surface area contributed by atoms with E-state index in [9.17, 15) is 8.42 Å². The third kappa shape index (κ3) is 4.38. The quantitative estimate of drug-likeness (QED) is 0.698. The van der Waals surface area contributed by atoms with Crippen LogP contribution in [0.2, 0.25) is 0 Å². The Kier molecular flexibility index (Phi) is 5.32. The van der Waals surface area contributed by atoms with Crippen molar-refractivity contribution >= 4 is 15.7 Å². The molecule has 0 amide bonds. The van der Waals surface area contributed by atoms with Crippen LogP contribution in [0.5, 0.6) is 11.5 Å². The number of aromatic nitrogens is 1. The molecule has 7 heteroatoms. The zero-order valence-electron chi connectivity index (χ0n) is 15.3. The summed E-state index contributed by atoms with van der Waals surface area (Å²) in [5.41, 5.74) is 2.92. The molecule has 0 radical (unpaired) electrons. The summed E-state index contributed by atoms with van der Waals surface area (Å²) in [7, 11) is -0.601. The van der Waals surface area contributed by atoms with E-state index in [1.54, 1.807) is 37.6 Å². The van der Waals surface area contributed by atoms with Crippen molar-refractivity contribution in [3.05, 3.63) is 66.4 Å². The topological polar surface area (TPSA) is 77.5 Å². The first kappa shape index (κ1) is 18.7. The van der Waals surface area contributed by atoms with E-state index in [0.717, 1.165) is 16.8 Å². The van der Waals surface area contributed by atoms with Crippen LogP contribution in [0.1, 0.15) is 5.56 Å². The van der Waals surface area contributed by atoms with Crippen LogP contribution in [0.4, 0.5) is 5.69 Å². The molecule has 0 aliphatic rings. The van der Waals surface area contributed by atoms with E-state index in [1.165, 1.54) is 19.2 Å². The lowest BCUT2D eigenvalue weighted by atomic mass is 10.1. The van der Waals surface area contributed by atoms with Crippen LogP contribution < -0.4 is 14.2 Å². The molecule has 0 bridgehead atoms. The average Bonchev–Trinajstić information content (AvgIpc) is 2.67. The fraction of sp³-hybridized carbons (Fsp3) is 0.150. The molecule has 0 spiro atoms. The molecular formula is C20H20N2O4S. The first-order chi connectivity index (χ1) is 12.9. The SMILES string of the molecule is COc1ccc(S(=O)(=O)Nc2cc(C)cc(-c3ccc(OC)cn3)c2)cc1. The number of rotatable bonds is 6. The molecule has 0 aliphatic heterocycles. The summed E-state index contributed by atoms with van der Waals surface area (Å²) in [5, 5.41) is 0. The van der Waals surface area contributed by atoms with Gasteiger partial charge in [-0.05, 0) is 67.1 Å². The Hall–Kier alpha value is -3.06. The Bertz CT molecular complexity index is 1030. The largest absolute Gasteiger partial charge is 0.497 e. The molecule has 0 fully saturated rings. The van der Waals surface area contributed by atoms with E-state index >= 15 is 0 Å². The van der Waals surface area contributed by atoms with Gasteiger partial charge in [0.2, 0.25) is 0 Å². The number of nitrogens with one attached hydrogen (secondary N) is 1. The number of hydrogen-bond acceptors (Lipinski definition) is 5. The summed E-state index contributed by atoms with van der Waals surface area (Å²) in [6.45, 7) is 1.90. The lowest BCUT2D eigenvalue weighted by Crippen LogP contribution is -2.13. The van der Waals surface area contributed by atoms with Crippen LogP contribution in [-0.2, 0) is 10.0 Å². The minimum Gasteiger partial charge on any atom is -0.497 e. The highest BCUT2D eigenvalue weighted by Gasteiger charge is 2.15. The number of hydrogen-bond donors (Lipinski definition) is 1. The number of pyridine rings is 1. The molecule has 140 valence electrons. The Morgan fingerprint density at radius 2 is 1.56 bits per heavy atom. The summed E-state index contributed by atoms with van der Waals surface area (Å²) < 4.78 is 38.1. The normalized spacial score (nSPS) is 11.1. The van der Waals surface area contributed by atoms with Gasteiger partial charge in [-0.2, -0.15) is 0 Å². The highest BCUT2D eigenvalue weighted by molar-refractivity contribution is 7.92. The lowest BCUT2D eigenvalue weighted by molar-refractivity contribution is 0.413. The Morgan fingerprint density at radius 3 is 2.15 bits per heavy atom. The Balaban J connectivity index is 1.90. The van der Waals surface area contributed by atoms with Crippen molar-refractivity contribution in [2.45, 2.75) is 11.8 Å². The maximum atomic E-state index is 12.7. The van der Waals surface area contributed by atoms with Crippen LogP contribution in [0, 0.1) is 6.92 Å². The standard InChI is InChI=1S/C20H20N2O4S/c1-14-10-15(20-9-6-18(26-3)13-21-20)12-16(11-14)22-27(23,24)19-7-4-17(25-2)5-8-19/h4-13,22H,1-3H3. The summed E-state index contributed by atoms with van der Waals surface area (Å²) in [4.78, 5) is 4.52. The molecule has 0 saturated heterocycles. The second-order valence-electron chi connectivity index (χ2n) is 5.95. The number of benzene rings is 2. The van der Waals surface area contributed by atoms with Gasteiger partial charge in [0.25, 0.3) is 10.0 Å². The number of sulfonamides is 1. The molecule has 2 aromatic carbocycles. The van der Waals surface area contributed by atoms with E-state index < -0.39 is 10.0 Å². The van der Waals surface area contributed by atoms with Gasteiger partial charge in [0, 0.05) is 11.3 Å². The Morgan fingerprint density at radius 1 is 0.889 bits per heavy atom. The number of nitrogens with zero attached hydrogens (tertiary/aromatic N) is 1. The summed E-state index contributed by atoms with van der Waals surface area (Å²) in [5.74, 6) is 1.25. The van der Waals surface area contributed by atoms with Crippen molar-refractivity contribution in [3.8, 4) is 22.8 Å². The zero-order chi connectivity index (χ0) is 19.4. The highest BCUT2D eigenvalue weighted by Crippen LogP contribution is 2.26.